The van der Waals surface area contributed by atoms with E-state index < -0.39 is 10.0 Å². The van der Waals surface area contributed by atoms with Crippen LogP contribution in [0.15, 0.2) is 18.2 Å². The fourth-order valence-corrected chi connectivity index (χ4v) is 3.98. The molecule has 0 aromatic heterocycles. The van der Waals surface area contributed by atoms with Crippen molar-refractivity contribution in [3.05, 3.63) is 33.8 Å². The van der Waals surface area contributed by atoms with Gasteiger partial charge in [0.1, 0.15) is 0 Å². The fourth-order valence-electron chi connectivity index (χ4n) is 2.53. The minimum Gasteiger partial charge on any atom is -0.342 e. The SMILES string of the molecule is NS(=O)(=O)CC1CC(=O)N(CCc2cc(Cl)cc(Cl)c2)C1. The topological polar surface area (TPSA) is 80.5 Å². The molecule has 2 N–H and O–H groups in total. The average Bonchev–Trinajstić information content (AvgIpc) is 2.63. The fraction of sp³-hybridized carbons (Fsp3) is 0.462. The zero-order valence-electron chi connectivity index (χ0n) is 11.3. The van der Waals surface area contributed by atoms with E-state index in [0.717, 1.165) is 5.56 Å². The lowest BCUT2D eigenvalue weighted by Crippen LogP contribution is -2.29. The highest BCUT2D eigenvalue weighted by molar-refractivity contribution is 7.89. The van der Waals surface area contributed by atoms with Crippen LogP contribution in [0.5, 0.6) is 0 Å². The number of sulfonamides is 1. The molecule has 0 aliphatic carbocycles. The smallest absolute Gasteiger partial charge is 0.222 e. The predicted octanol–water partition coefficient (Wildman–Crippen LogP) is 1.67. The Labute approximate surface area is 134 Å². The number of carbonyl (C=O) groups excluding carboxylic acids is 1. The quantitative estimate of drug-likeness (QED) is 0.876. The summed E-state index contributed by atoms with van der Waals surface area (Å²) in [5.74, 6) is -0.426. The van der Waals surface area contributed by atoms with Gasteiger partial charge in [-0.15, -0.1) is 0 Å². The van der Waals surface area contributed by atoms with Gasteiger partial charge >= 0.3 is 0 Å². The summed E-state index contributed by atoms with van der Waals surface area (Å²) in [4.78, 5) is 13.5. The van der Waals surface area contributed by atoms with E-state index in [4.69, 9.17) is 28.3 Å². The number of likely N-dealkylation sites (tertiary alicyclic amines) is 1. The first-order valence-corrected chi connectivity index (χ1v) is 8.93. The molecule has 1 amide bonds. The molecule has 1 aromatic rings. The summed E-state index contributed by atoms with van der Waals surface area (Å²) in [5.41, 5.74) is 0.940. The molecule has 5 nitrogen and oxygen atoms in total. The summed E-state index contributed by atoms with van der Waals surface area (Å²) in [6, 6.07) is 5.25. The van der Waals surface area contributed by atoms with E-state index in [0.29, 0.717) is 29.6 Å². The maximum absolute atomic E-state index is 11.9. The third kappa shape index (κ3) is 5.14. The van der Waals surface area contributed by atoms with Gasteiger partial charge in [0.25, 0.3) is 0 Å². The highest BCUT2D eigenvalue weighted by Gasteiger charge is 2.31. The maximum atomic E-state index is 11.9. The van der Waals surface area contributed by atoms with Crippen LogP contribution < -0.4 is 5.14 Å². The van der Waals surface area contributed by atoms with Gasteiger partial charge in [0.05, 0.1) is 5.75 Å². The Bertz CT molecular complexity index is 629. The third-order valence-electron chi connectivity index (χ3n) is 3.36. The molecule has 8 heteroatoms. The largest absolute Gasteiger partial charge is 0.342 e. The summed E-state index contributed by atoms with van der Waals surface area (Å²) < 4.78 is 22.1. The molecule has 1 aliphatic rings. The van der Waals surface area contributed by atoms with Crippen LogP contribution in [0.4, 0.5) is 0 Å². The molecule has 21 heavy (non-hydrogen) atoms. The second kappa shape index (κ2) is 6.52. The van der Waals surface area contributed by atoms with Crippen LogP contribution in [-0.2, 0) is 21.2 Å². The van der Waals surface area contributed by atoms with Gasteiger partial charge < -0.3 is 4.90 Å². The average molecular weight is 351 g/mol. The van der Waals surface area contributed by atoms with Gasteiger partial charge in [-0.1, -0.05) is 23.2 Å². The highest BCUT2D eigenvalue weighted by Crippen LogP contribution is 2.22. The molecule has 0 radical (unpaired) electrons. The molecular formula is C13H16Cl2N2O3S. The van der Waals surface area contributed by atoms with E-state index in [1.54, 1.807) is 23.1 Å². The first kappa shape index (κ1) is 16.5. The molecule has 0 saturated carbocycles. The van der Waals surface area contributed by atoms with Crippen molar-refractivity contribution < 1.29 is 13.2 Å². The van der Waals surface area contributed by atoms with Crippen molar-refractivity contribution in [1.82, 2.24) is 4.90 Å². The molecule has 2 rings (SSSR count). The van der Waals surface area contributed by atoms with E-state index in [9.17, 15) is 13.2 Å². The Morgan fingerprint density at radius 3 is 2.43 bits per heavy atom. The minimum absolute atomic E-state index is 0.0447. The molecule has 1 heterocycles. The number of benzene rings is 1. The van der Waals surface area contributed by atoms with Crippen molar-refractivity contribution >= 4 is 39.1 Å². The van der Waals surface area contributed by atoms with Crippen LogP contribution in [0.1, 0.15) is 12.0 Å². The summed E-state index contributed by atoms with van der Waals surface area (Å²) in [6.07, 6.45) is 0.848. The molecular weight excluding hydrogens is 335 g/mol. The maximum Gasteiger partial charge on any atom is 0.222 e. The van der Waals surface area contributed by atoms with Gasteiger partial charge in [-0.25, -0.2) is 13.6 Å². The minimum atomic E-state index is -3.55. The molecule has 116 valence electrons. The molecule has 1 fully saturated rings. The van der Waals surface area contributed by atoms with Crippen molar-refractivity contribution in [1.29, 1.82) is 0 Å². The van der Waals surface area contributed by atoms with Crippen LogP contribution in [-0.4, -0.2) is 38.1 Å². The zero-order chi connectivity index (χ0) is 15.6. The van der Waals surface area contributed by atoms with E-state index in [2.05, 4.69) is 0 Å². The molecule has 1 aliphatic heterocycles. The second-order valence-electron chi connectivity index (χ2n) is 5.27. The number of nitrogens with zero attached hydrogens (tertiary/aromatic N) is 1. The number of primary sulfonamides is 1. The Hall–Kier alpha value is -0.820. The van der Waals surface area contributed by atoms with E-state index in [-0.39, 0.29) is 24.0 Å². The van der Waals surface area contributed by atoms with Crippen molar-refractivity contribution in [2.24, 2.45) is 11.1 Å². The van der Waals surface area contributed by atoms with Crippen LogP contribution in [0.25, 0.3) is 0 Å². The number of carbonyl (C=O) groups is 1. The lowest BCUT2D eigenvalue weighted by molar-refractivity contribution is -0.127. The van der Waals surface area contributed by atoms with Gasteiger partial charge in [0, 0.05) is 35.5 Å². The summed E-state index contributed by atoms with van der Waals surface area (Å²) in [7, 11) is -3.55. The van der Waals surface area contributed by atoms with Crippen molar-refractivity contribution in [3.63, 3.8) is 0 Å². The van der Waals surface area contributed by atoms with Crippen LogP contribution >= 0.6 is 23.2 Å². The van der Waals surface area contributed by atoms with Crippen LogP contribution in [0.3, 0.4) is 0 Å². The molecule has 0 bridgehead atoms. The van der Waals surface area contributed by atoms with Gasteiger partial charge in [-0.3, -0.25) is 4.79 Å². The van der Waals surface area contributed by atoms with E-state index in [1.165, 1.54) is 0 Å². The predicted molar refractivity (Wildman–Crippen MR) is 82.8 cm³/mol. The summed E-state index contributed by atoms with van der Waals surface area (Å²) in [5, 5.41) is 6.12. The van der Waals surface area contributed by atoms with Crippen LogP contribution in [0.2, 0.25) is 10.0 Å². The van der Waals surface area contributed by atoms with Crippen molar-refractivity contribution in [2.75, 3.05) is 18.8 Å². The number of nitrogens with two attached hydrogens (primary N) is 1. The van der Waals surface area contributed by atoms with Crippen LogP contribution in [0, 0.1) is 5.92 Å². The lowest BCUT2D eigenvalue weighted by Gasteiger charge is -2.16. The molecule has 0 spiro atoms. The van der Waals surface area contributed by atoms with Gasteiger partial charge in [0.2, 0.25) is 15.9 Å². The van der Waals surface area contributed by atoms with Crippen molar-refractivity contribution in [2.45, 2.75) is 12.8 Å². The summed E-state index contributed by atoms with van der Waals surface area (Å²) in [6.45, 7) is 0.931. The molecule has 1 aromatic carbocycles. The first-order valence-electron chi connectivity index (χ1n) is 6.46. The lowest BCUT2D eigenvalue weighted by atomic mass is 10.1. The Morgan fingerprint density at radius 1 is 1.24 bits per heavy atom. The Morgan fingerprint density at radius 2 is 1.86 bits per heavy atom. The van der Waals surface area contributed by atoms with Gasteiger partial charge in [-0.2, -0.15) is 0 Å². The third-order valence-corrected chi connectivity index (χ3v) is 4.73. The van der Waals surface area contributed by atoms with E-state index in [1.807, 2.05) is 0 Å². The summed E-state index contributed by atoms with van der Waals surface area (Å²) >= 11 is 11.8. The highest BCUT2D eigenvalue weighted by atomic mass is 35.5. The molecule has 1 unspecified atom stereocenters. The second-order valence-corrected chi connectivity index (χ2v) is 7.80. The number of rotatable bonds is 5. The van der Waals surface area contributed by atoms with Crippen molar-refractivity contribution in [3.8, 4) is 0 Å². The van der Waals surface area contributed by atoms with Gasteiger partial charge in [0.15, 0.2) is 0 Å². The monoisotopic (exact) mass is 350 g/mol. The molecule has 1 atom stereocenters. The zero-order valence-corrected chi connectivity index (χ0v) is 13.6. The standard InChI is InChI=1S/C13H16Cl2N2O3S/c14-11-3-9(4-12(15)6-11)1-2-17-7-10(5-13(17)18)8-21(16,19)20/h3-4,6,10H,1-2,5,7-8H2,(H2,16,19,20). The number of amides is 1. The number of hydrogen-bond donors (Lipinski definition) is 1. The number of halogens is 2. The van der Waals surface area contributed by atoms with E-state index >= 15 is 0 Å². The first-order chi connectivity index (χ1) is 9.73. The number of hydrogen-bond acceptors (Lipinski definition) is 3. The van der Waals surface area contributed by atoms with Gasteiger partial charge in [-0.05, 0) is 30.2 Å². The normalized spacial score (nSPS) is 19.3. The Kier molecular flexibility index (Phi) is 5.14. The Balaban J connectivity index is 1.93. The molecule has 1 saturated heterocycles.